The van der Waals surface area contributed by atoms with Gasteiger partial charge >= 0.3 is 0 Å². The number of nitrogens with zero attached hydrogens (tertiary/aromatic N) is 4. The number of hydrogen-bond donors (Lipinski definition) is 2. The normalized spacial score (nSPS) is 12.4. The van der Waals surface area contributed by atoms with Crippen LogP contribution < -0.4 is 10.9 Å². The number of hydrogen-bond acceptors (Lipinski definition) is 5. The van der Waals surface area contributed by atoms with Crippen molar-refractivity contribution in [2.45, 2.75) is 40.2 Å². The van der Waals surface area contributed by atoms with Crippen molar-refractivity contribution in [2.24, 2.45) is 0 Å². The number of para-hydroxylation sites is 1. The topological polar surface area (TPSA) is 88.5 Å². The summed E-state index contributed by atoms with van der Waals surface area (Å²) in [6.45, 7) is 8.19. The van der Waals surface area contributed by atoms with Crippen molar-refractivity contribution >= 4 is 27.8 Å². The van der Waals surface area contributed by atoms with Gasteiger partial charge in [-0.3, -0.25) is 9.36 Å². The summed E-state index contributed by atoms with van der Waals surface area (Å²) >= 11 is 0. The van der Waals surface area contributed by atoms with Crippen LogP contribution in [-0.2, 0) is 0 Å². The van der Waals surface area contributed by atoms with E-state index in [2.05, 4.69) is 38.2 Å². The third-order valence-electron chi connectivity index (χ3n) is 6.25. The van der Waals surface area contributed by atoms with Crippen molar-refractivity contribution in [3.8, 4) is 5.69 Å². The van der Waals surface area contributed by atoms with E-state index in [0.717, 1.165) is 50.8 Å². The molecule has 2 aromatic carbocycles. The molecule has 0 saturated carbocycles. The SMILES string of the molecule is CCC(Nc1ncnc2nc[nH]c12)c1cc2cccc(C)c2c(=O)n1-c1c(C)cccc1C. The molecule has 33 heavy (non-hydrogen) atoms. The zero-order valence-corrected chi connectivity index (χ0v) is 19.2. The van der Waals surface area contributed by atoms with Crippen LogP contribution in [0, 0.1) is 20.8 Å². The van der Waals surface area contributed by atoms with Gasteiger partial charge in [0.2, 0.25) is 0 Å². The van der Waals surface area contributed by atoms with E-state index in [1.165, 1.54) is 6.33 Å². The zero-order valence-electron chi connectivity index (χ0n) is 19.2. The molecule has 0 aliphatic carbocycles. The van der Waals surface area contributed by atoms with Gasteiger partial charge < -0.3 is 10.3 Å². The maximum Gasteiger partial charge on any atom is 0.263 e. The summed E-state index contributed by atoms with van der Waals surface area (Å²) in [6.07, 6.45) is 3.86. The maximum atomic E-state index is 14.0. The van der Waals surface area contributed by atoms with Crippen LogP contribution in [0.4, 0.5) is 5.82 Å². The van der Waals surface area contributed by atoms with Gasteiger partial charge in [0.05, 0.1) is 23.4 Å². The molecule has 0 aliphatic heterocycles. The Labute approximate surface area is 191 Å². The monoisotopic (exact) mass is 438 g/mol. The lowest BCUT2D eigenvalue weighted by molar-refractivity contribution is 0.686. The molecular weight excluding hydrogens is 412 g/mol. The number of anilines is 1. The molecule has 0 fully saturated rings. The number of fused-ring (bicyclic) bond motifs is 2. The van der Waals surface area contributed by atoms with E-state index in [9.17, 15) is 4.79 Å². The van der Waals surface area contributed by atoms with Gasteiger partial charge in [0.15, 0.2) is 11.5 Å². The summed E-state index contributed by atoms with van der Waals surface area (Å²) < 4.78 is 1.88. The zero-order chi connectivity index (χ0) is 23.1. The first-order chi connectivity index (χ1) is 16.0. The van der Waals surface area contributed by atoms with Crippen LogP contribution in [-0.4, -0.2) is 24.5 Å². The van der Waals surface area contributed by atoms with Crippen LogP contribution in [0.3, 0.4) is 0 Å². The predicted molar refractivity (Wildman–Crippen MR) is 132 cm³/mol. The van der Waals surface area contributed by atoms with Crippen LogP contribution in [0.5, 0.6) is 0 Å². The number of aromatic amines is 1. The second-order valence-corrected chi connectivity index (χ2v) is 8.42. The highest BCUT2D eigenvalue weighted by Gasteiger charge is 2.22. The smallest absolute Gasteiger partial charge is 0.263 e. The summed E-state index contributed by atoms with van der Waals surface area (Å²) in [5.41, 5.74) is 6.24. The van der Waals surface area contributed by atoms with Crippen molar-refractivity contribution < 1.29 is 0 Å². The van der Waals surface area contributed by atoms with E-state index in [1.807, 2.05) is 61.7 Å². The fourth-order valence-electron chi connectivity index (χ4n) is 4.63. The molecule has 7 nitrogen and oxygen atoms in total. The minimum Gasteiger partial charge on any atom is -0.360 e. The molecule has 1 unspecified atom stereocenters. The van der Waals surface area contributed by atoms with E-state index >= 15 is 0 Å². The lowest BCUT2D eigenvalue weighted by atomic mass is 10.0. The summed E-state index contributed by atoms with van der Waals surface area (Å²) in [5, 5.41) is 5.23. The van der Waals surface area contributed by atoms with Crippen molar-refractivity contribution in [2.75, 3.05) is 5.32 Å². The maximum absolute atomic E-state index is 14.0. The third-order valence-corrected chi connectivity index (χ3v) is 6.25. The number of H-pyrrole nitrogens is 1. The van der Waals surface area contributed by atoms with E-state index < -0.39 is 0 Å². The average Bonchev–Trinajstić information content (AvgIpc) is 3.28. The summed E-state index contributed by atoms with van der Waals surface area (Å²) in [6, 6.07) is 14.1. The molecule has 1 atom stereocenters. The molecule has 0 radical (unpaired) electrons. The second-order valence-electron chi connectivity index (χ2n) is 8.42. The molecule has 2 N–H and O–H groups in total. The predicted octanol–water partition coefficient (Wildman–Crippen LogP) is 5.15. The van der Waals surface area contributed by atoms with E-state index in [4.69, 9.17) is 0 Å². The molecule has 0 aliphatic rings. The number of benzene rings is 2. The first-order valence-corrected chi connectivity index (χ1v) is 11.1. The minimum atomic E-state index is -0.164. The van der Waals surface area contributed by atoms with Crippen molar-refractivity contribution in [3.05, 3.63) is 87.9 Å². The third kappa shape index (κ3) is 3.46. The molecule has 3 heterocycles. The first-order valence-electron chi connectivity index (χ1n) is 11.1. The molecule has 0 saturated heterocycles. The number of nitrogens with one attached hydrogen (secondary N) is 2. The quantitative estimate of drug-likeness (QED) is 0.396. The Bertz CT molecular complexity index is 1530. The van der Waals surface area contributed by atoms with Crippen molar-refractivity contribution in [1.29, 1.82) is 0 Å². The second kappa shape index (κ2) is 8.16. The molecule has 0 amide bonds. The minimum absolute atomic E-state index is 0.00683. The molecule has 166 valence electrons. The van der Waals surface area contributed by atoms with Gasteiger partial charge in [-0.25, -0.2) is 15.0 Å². The largest absolute Gasteiger partial charge is 0.360 e. The summed E-state index contributed by atoms with van der Waals surface area (Å²) in [5.74, 6) is 0.661. The number of pyridine rings is 1. The van der Waals surface area contributed by atoms with Crippen LogP contribution in [0.25, 0.3) is 27.6 Å². The fraction of sp³-hybridized carbons (Fsp3) is 0.231. The summed E-state index contributed by atoms with van der Waals surface area (Å²) in [7, 11) is 0. The van der Waals surface area contributed by atoms with Gasteiger partial charge in [0.1, 0.15) is 11.8 Å². The number of aryl methyl sites for hydroxylation is 3. The molecule has 3 aromatic heterocycles. The standard InChI is InChI=1S/C26H26N6O/c1-5-19(31-25-22-24(28-13-27-22)29-14-30-25)20-12-18-11-7-8-15(2)21(18)26(33)32(20)23-16(3)9-6-10-17(23)4/h6-14,19H,5H2,1-4H3,(H2,27,28,29,30,31). The van der Waals surface area contributed by atoms with Gasteiger partial charge in [-0.1, -0.05) is 43.3 Å². The number of rotatable bonds is 5. The van der Waals surface area contributed by atoms with Crippen molar-refractivity contribution in [1.82, 2.24) is 24.5 Å². The Morgan fingerprint density at radius 3 is 2.48 bits per heavy atom. The van der Waals surface area contributed by atoms with Crippen LogP contribution in [0.1, 0.15) is 41.8 Å². The molecule has 5 aromatic rings. The molecule has 7 heteroatoms. The van der Waals surface area contributed by atoms with Gasteiger partial charge in [0.25, 0.3) is 5.56 Å². The molecular formula is C26H26N6O. The first kappa shape index (κ1) is 20.9. The summed E-state index contributed by atoms with van der Waals surface area (Å²) in [4.78, 5) is 30.0. The highest BCUT2D eigenvalue weighted by atomic mass is 16.1. The highest BCUT2D eigenvalue weighted by Crippen LogP contribution is 2.30. The number of imidazole rings is 1. The number of aromatic nitrogens is 5. The Balaban J connectivity index is 1.79. The van der Waals surface area contributed by atoms with Crippen LogP contribution in [0.15, 0.2) is 59.9 Å². The van der Waals surface area contributed by atoms with E-state index in [1.54, 1.807) is 6.33 Å². The van der Waals surface area contributed by atoms with E-state index in [-0.39, 0.29) is 11.6 Å². The molecule has 5 rings (SSSR count). The lowest BCUT2D eigenvalue weighted by Gasteiger charge is -2.25. The van der Waals surface area contributed by atoms with Gasteiger partial charge in [-0.05, 0) is 55.3 Å². The van der Waals surface area contributed by atoms with E-state index in [0.29, 0.717) is 11.5 Å². The molecule has 0 bridgehead atoms. The molecule has 0 spiro atoms. The Morgan fingerprint density at radius 1 is 1.00 bits per heavy atom. The highest BCUT2D eigenvalue weighted by molar-refractivity contribution is 5.86. The van der Waals surface area contributed by atoms with Crippen LogP contribution >= 0.6 is 0 Å². The fourth-order valence-corrected chi connectivity index (χ4v) is 4.63. The van der Waals surface area contributed by atoms with Gasteiger partial charge in [-0.2, -0.15) is 0 Å². The van der Waals surface area contributed by atoms with Gasteiger partial charge in [-0.15, -0.1) is 0 Å². The Morgan fingerprint density at radius 2 is 1.73 bits per heavy atom. The van der Waals surface area contributed by atoms with Gasteiger partial charge in [0, 0.05) is 5.69 Å². The Kier molecular flexibility index (Phi) is 5.17. The van der Waals surface area contributed by atoms with Crippen molar-refractivity contribution in [3.63, 3.8) is 0 Å². The van der Waals surface area contributed by atoms with Crippen LogP contribution in [0.2, 0.25) is 0 Å². The lowest BCUT2D eigenvalue weighted by Crippen LogP contribution is -2.28. The average molecular weight is 439 g/mol. The Hall–Kier alpha value is -4.00.